The standard InChI is InChI=1S/C20H27N3O3S/c1-15-9-11-17(12-10-15)14-23(5)16(2)20(24)21-18-7-6-8-19(13-18)27(25,26)22(3)4/h6-13,16H,14H2,1-5H3,(H,21,24)/p+1/t16-/m0/s1. The third-order valence-electron chi connectivity index (χ3n) is 4.62. The van der Waals surface area contributed by atoms with Crippen LogP contribution in [0.4, 0.5) is 5.69 Å². The lowest BCUT2D eigenvalue weighted by Crippen LogP contribution is -3.12. The number of likely N-dealkylation sites (N-methyl/N-ethyl adjacent to an activating group) is 1. The Morgan fingerprint density at radius 2 is 1.78 bits per heavy atom. The van der Waals surface area contributed by atoms with Crippen LogP contribution in [0.25, 0.3) is 0 Å². The van der Waals surface area contributed by atoms with E-state index in [4.69, 9.17) is 0 Å². The highest BCUT2D eigenvalue weighted by atomic mass is 32.2. The number of aryl methyl sites for hydroxylation is 1. The summed E-state index contributed by atoms with van der Waals surface area (Å²) in [6, 6.07) is 14.3. The highest BCUT2D eigenvalue weighted by Crippen LogP contribution is 2.18. The molecule has 2 N–H and O–H groups in total. The van der Waals surface area contributed by atoms with Gasteiger partial charge in [-0.05, 0) is 32.0 Å². The van der Waals surface area contributed by atoms with Gasteiger partial charge in [0.1, 0.15) is 6.54 Å². The number of benzene rings is 2. The van der Waals surface area contributed by atoms with Crippen molar-refractivity contribution in [2.75, 3.05) is 26.5 Å². The minimum Gasteiger partial charge on any atom is -0.324 e. The van der Waals surface area contributed by atoms with E-state index in [0.717, 1.165) is 21.3 Å². The SMILES string of the molecule is Cc1ccc(C[NH+](C)[C@@H](C)C(=O)Nc2cccc(S(=O)(=O)N(C)C)c2)cc1. The molecule has 27 heavy (non-hydrogen) atoms. The van der Waals surface area contributed by atoms with Crippen molar-refractivity contribution in [2.45, 2.75) is 31.3 Å². The second-order valence-electron chi connectivity index (χ2n) is 7.03. The van der Waals surface area contributed by atoms with Gasteiger partial charge in [0.2, 0.25) is 10.0 Å². The van der Waals surface area contributed by atoms with Gasteiger partial charge in [-0.2, -0.15) is 0 Å². The van der Waals surface area contributed by atoms with Crippen LogP contribution in [0.3, 0.4) is 0 Å². The fourth-order valence-corrected chi connectivity index (χ4v) is 3.55. The summed E-state index contributed by atoms with van der Waals surface area (Å²) in [6.45, 7) is 4.63. The molecule has 146 valence electrons. The molecule has 7 heteroatoms. The number of sulfonamides is 1. The van der Waals surface area contributed by atoms with Gasteiger partial charge in [-0.25, -0.2) is 12.7 Å². The van der Waals surface area contributed by atoms with E-state index in [0.29, 0.717) is 5.69 Å². The third-order valence-corrected chi connectivity index (χ3v) is 6.43. The Labute approximate surface area is 161 Å². The third kappa shape index (κ3) is 5.38. The Kier molecular flexibility index (Phi) is 6.75. The predicted octanol–water partition coefficient (Wildman–Crippen LogP) is 1.29. The monoisotopic (exact) mass is 390 g/mol. The zero-order valence-corrected chi connectivity index (χ0v) is 17.3. The number of amides is 1. The first kappa shape index (κ1) is 21.1. The molecule has 0 aliphatic heterocycles. The molecule has 0 saturated carbocycles. The maximum atomic E-state index is 12.6. The van der Waals surface area contributed by atoms with Gasteiger partial charge in [-0.1, -0.05) is 35.9 Å². The Hall–Kier alpha value is -2.22. The molecule has 0 aromatic heterocycles. The number of carbonyl (C=O) groups excluding carboxylic acids is 1. The number of hydrogen-bond acceptors (Lipinski definition) is 3. The van der Waals surface area contributed by atoms with E-state index in [-0.39, 0.29) is 16.8 Å². The molecule has 0 radical (unpaired) electrons. The number of carbonyl (C=O) groups is 1. The van der Waals surface area contributed by atoms with Crippen molar-refractivity contribution >= 4 is 21.6 Å². The molecule has 2 aromatic rings. The minimum atomic E-state index is -3.54. The molecule has 0 aliphatic carbocycles. The van der Waals surface area contributed by atoms with Gasteiger partial charge in [0.05, 0.1) is 11.9 Å². The summed E-state index contributed by atoms with van der Waals surface area (Å²) in [5.41, 5.74) is 2.84. The number of nitrogens with one attached hydrogen (secondary N) is 2. The molecule has 0 spiro atoms. The average Bonchev–Trinajstić information content (AvgIpc) is 2.63. The number of hydrogen-bond donors (Lipinski definition) is 2. The van der Waals surface area contributed by atoms with Crippen LogP contribution < -0.4 is 10.2 Å². The molecule has 2 rings (SSSR count). The molecule has 6 nitrogen and oxygen atoms in total. The highest BCUT2D eigenvalue weighted by Gasteiger charge is 2.23. The van der Waals surface area contributed by atoms with Gasteiger partial charge in [-0.3, -0.25) is 4.79 Å². The predicted molar refractivity (Wildman–Crippen MR) is 107 cm³/mol. The smallest absolute Gasteiger partial charge is 0.282 e. The van der Waals surface area contributed by atoms with Crippen LogP contribution in [0.2, 0.25) is 0 Å². The van der Waals surface area contributed by atoms with E-state index in [1.165, 1.54) is 31.8 Å². The van der Waals surface area contributed by atoms with Crippen molar-refractivity contribution < 1.29 is 18.1 Å². The van der Waals surface area contributed by atoms with E-state index in [1.807, 2.05) is 20.9 Å². The van der Waals surface area contributed by atoms with Gasteiger partial charge in [0.15, 0.2) is 6.04 Å². The van der Waals surface area contributed by atoms with Gasteiger partial charge in [0.25, 0.3) is 5.91 Å². The number of nitrogens with zero attached hydrogens (tertiary/aromatic N) is 1. The van der Waals surface area contributed by atoms with Crippen molar-refractivity contribution in [1.29, 1.82) is 0 Å². The molecular weight excluding hydrogens is 362 g/mol. The van der Waals surface area contributed by atoms with Crippen LogP contribution in [0, 0.1) is 6.92 Å². The van der Waals surface area contributed by atoms with Gasteiger partial charge in [0, 0.05) is 25.3 Å². The van der Waals surface area contributed by atoms with E-state index in [1.54, 1.807) is 12.1 Å². The summed E-state index contributed by atoms with van der Waals surface area (Å²) in [4.78, 5) is 13.8. The van der Waals surface area contributed by atoms with Crippen LogP contribution in [0.15, 0.2) is 53.4 Å². The average molecular weight is 391 g/mol. The van der Waals surface area contributed by atoms with Gasteiger partial charge < -0.3 is 10.2 Å². The fourth-order valence-electron chi connectivity index (χ4n) is 2.60. The molecule has 0 saturated heterocycles. The van der Waals surface area contributed by atoms with Gasteiger partial charge >= 0.3 is 0 Å². The van der Waals surface area contributed by atoms with Crippen LogP contribution in [-0.2, 0) is 21.4 Å². The lowest BCUT2D eigenvalue weighted by molar-refractivity contribution is -0.907. The van der Waals surface area contributed by atoms with E-state index < -0.39 is 10.0 Å². The Morgan fingerprint density at radius 3 is 2.37 bits per heavy atom. The summed E-state index contributed by atoms with van der Waals surface area (Å²) in [5.74, 6) is -0.154. The lowest BCUT2D eigenvalue weighted by Gasteiger charge is -2.21. The van der Waals surface area contributed by atoms with Crippen molar-refractivity contribution in [3.63, 3.8) is 0 Å². The molecule has 0 fully saturated rings. The van der Waals surface area contributed by atoms with Crippen LogP contribution >= 0.6 is 0 Å². The topological polar surface area (TPSA) is 70.9 Å². The van der Waals surface area contributed by atoms with E-state index in [9.17, 15) is 13.2 Å². The first-order chi connectivity index (χ1) is 12.6. The number of rotatable bonds is 7. The maximum absolute atomic E-state index is 12.6. The largest absolute Gasteiger partial charge is 0.324 e. The normalized spacial score (nSPS) is 14.0. The molecular formula is C20H28N3O3S+. The van der Waals surface area contributed by atoms with Crippen molar-refractivity contribution in [3.8, 4) is 0 Å². The summed E-state index contributed by atoms with van der Waals surface area (Å²) < 4.78 is 25.6. The second kappa shape index (κ2) is 8.65. The Morgan fingerprint density at radius 1 is 1.15 bits per heavy atom. The molecule has 2 atom stereocenters. The Bertz CT molecular complexity index is 893. The molecule has 0 aliphatic rings. The first-order valence-corrected chi connectivity index (χ1v) is 10.3. The second-order valence-corrected chi connectivity index (χ2v) is 9.19. The molecule has 1 unspecified atom stereocenters. The number of anilines is 1. The van der Waals surface area contributed by atoms with Crippen molar-refractivity contribution in [2.24, 2.45) is 0 Å². The lowest BCUT2D eigenvalue weighted by atomic mass is 10.1. The van der Waals surface area contributed by atoms with Crippen LogP contribution in [0.5, 0.6) is 0 Å². The molecule has 1 amide bonds. The van der Waals surface area contributed by atoms with Crippen molar-refractivity contribution in [1.82, 2.24) is 4.31 Å². The van der Waals surface area contributed by atoms with Crippen LogP contribution in [-0.4, -0.2) is 45.8 Å². The quantitative estimate of drug-likeness (QED) is 0.748. The first-order valence-electron chi connectivity index (χ1n) is 8.82. The number of quaternary nitrogens is 1. The van der Waals surface area contributed by atoms with Crippen molar-refractivity contribution in [3.05, 3.63) is 59.7 Å². The van der Waals surface area contributed by atoms with Crippen LogP contribution in [0.1, 0.15) is 18.1 Å². The summed E-state index contributed by atoms with van der Waals surface area (Å²) in [7, 11) is 1.39. The van der Waals surface area contributed by atoms with E-state index >= 15 is 0 Å². The Balaban J connectivity index is 2.06. The highest BCUT2D eigenvalue weighted by molar-refractivity contribution is 7.89. The zero-order chi connectivity index (χ0) is 20.2. The van der Waals surface area contributed by atoms with Gasteiger partial charge in [-0.15, -0.1) is 0 Å². The summed E-state index contributed by atoms with van der Waals surface area (Å²) in [6.07, 6.45) is 0. The fraction of sp³-hybridized carbons (Fsp3) is 0.350. The van der Waals surface area contributed by atoms with E-state index in [2.05, 4.69) is 29.6 Å². The zero-order valence-electron chi connectivity index (χ0n) is 16.5. The molecule has 0 bridgehead atoms. The maximum Gasteiger partial charge on any atom is 0.282 e. The molecule has 0 heterocycles. The molecule has 2 aromatic carbocycles. The minimum absolute atomic E-state index is 0.151. The summed E-state index contributed by atoms with van der Waals surface area (Å²) in [5, 5.41) is 2.83. The summed E-state index contributed by atoms with van der Waals surface area (Å²) >= 11 is 0.